The maximum absolute atomic E-state index is 10.5. The molecule has 0 saturated heterocycles. The average molecular weight is 347 g/mol. The molecule has 108 valence electrons. The molecule has 0 amide bonds. The van der Waals surface area contributed by atoms with Gasteiger partial charge in [-0.05, 0) is 63.8 Å². The van der Waals surface area contributed by atoms with E-state index < -0.39 is 5.97 Å². The van der Waals surface area contributed by atoms with E-state index in [4.69, 9.17) is 9.84 Å². The van der Waals surface area contributed by atoms with Crippen LogP contribution in [0.25, 0.3) is 6.08 Å². The Morgan fingerprint density at radius 3 is 2.76 bits per heavy atom. The number of aliphatic carboxylic acids is 1. The van der Waals surface area contributed by atoms with E-state index in [2.05, 4.69) is 28.9 Å². The lowest BCUT2D eigenvalue weighted by atomic mass is 10.1. The molecule has 2 aromatic rings. The summed E-state index contributed by atoms with van der Waals surface area (Å²) < 4.78 is 6.62. The van der Waals surface area contributed by atoms with E-state index in [0.29, 0.717) is 5.75 Å². The van der Waals surface area contributed by atoms with E-state index in [1.54, 1.807) is 0 Å². The minimum Gasteiger partial charge on any atom is -0.478 e. The number of hydrogen-bond donors (Lipinski definition) is 1. The Balaban J connectivity index is 2.19. The van der Waals surface area contributed by atoms with Crippen LogP contribution in [0.15, 0.2) is 53.0 Å². The fraction of sp³-hybridized carbons (Fsp3) is 0.118. The van der Waals surface area contributed by atoms with Crippen molar-refractivity contribution in [2.45, 2.75) is 13.3 Å². The standard InChI is InChI=1S/C17H15BrO3/c1-2-12-4-3-5-14(10-12)21-16-8-6-13(11-15(16)18)7-9-17(19)20/h3-11H,2H2,1H3,(H,19,20)/b9-7+. The SMILES string of the molecule is CCc1cccc(Oc2ccc(/C=C/C(=O)O)cc2Br)c1. The summed E-state index contributed by atoms with van der Waals surface area (Å²) in [6, 6.07) is 13.4. The molecule has 0 bridgehead atoms. The van der Waals surface area contributed by atoms with Crippen molar-refractivity contribution in [1.29, 1.82) is 0 Å². The highest BCUT2D eigenvalue weighted by Gasteiger charge is 2.04. The van der Waals surface area contributed by atoms with Crippen molar-refractivity contribution in [1.82, 2.24) is 0 Å². The number of carbonyl (C=O) groups is 1. The molecule has 0 spiro atoms. The van der Waals surface area contributed by atoms with Gasteiger partial charge in [0, 0.05) is 6.08 Å². The van der Waals surface area contributed by atoms with Gasteiger partial charge >= 0.3 is 5.97 Å². The number of rotatable bonds is 5. The highest BCUT2D eigenvalue weighted by molar-refractivity contribution is 9.10. The van der Waals surface area contributed by atoms with Gasteiger partial charge in [0.1, 0.15) is 11.5 Å². The lowest BCUT2D eigenvalue weighted by molar-refractivity contribution is -0.131. The van der Waals surface area contributed by atoms with Crippen molar-refractivity contribution < 1.29 is 14.6 Å². The highest BCUT2D eigenvalue weighted by atomic mass is 79.9. The van der Waals surface area contributed by atoms with Gasteiger partial charge in [-0.1, -0.05) is 25.1 Å². The number of benzene rings is 2. The van der Waals surface area contributed by atoms with Gasteiger partial charge in [-0.15, -0.1) is 0 Å². The Kier molecular flexibility index (Phi) is 5.17. The Morgan fingerprint density at radius 1 is 1.29 bits per heavy atom. The van der Waals surface area contributed by atoms with Crippen LogP contribution in [0.1, 0.15) is 18.1 Å². The summed E-state index contributed by atoms with van der Waals surface area (Å²) in [5.41, 5.74) is 2.00. The van der Waals surface area contributed by atoms with Crippen LogP contribution in [0, 0.1) is 0 Å². The molecule has 0 aliphatic carbocycles. The number of ether oxygens (including phenoxy) is 1. The van der Waals surface area contributed by atoms with Gasteiger partial charge in [-0.25, -0.2) is 4.79 Å². The van der Waals surface area contributed by atoms with E-state index in [9.17, 15) is 4.79 Å². The van der Waals surface area contributed by atoms with Gasteiger partial charge < -0.3 is 9.84 Å². The molecule has 0 saturated carbocycles. The van der Waals surface area contributed by atoms with Crippen molar-refractivity contribution in [3.63, 3.8) is 0 Å². The van der Waals surface area contributed by atoms with Crippen molar-refractivity contribution in [3.05, 3.63) is 64.1 Å². The molecule has 2 aromatic carbocycles. The summed E-state index contributed by atoms with van der Waals surface area (Å²) in [7, 11) is 0. The third kappa shape index (κ3) is 4.46. The minimum absolute atomic E-state index is 0.690. The number of carboxylic acid groups (broad SMARTS) is 1. The molecule has 0 aliphatic rings. The van der Waals surface area contributed by atoms with Crippen LogP contribution >= 0.6 is 15.9 Å². The summed E-state index contributed by atoms with van der Waals surface area (Å²) in [4.78, 5) is 10.5. The zero-order chi connectivity index (χ0) is 15.2. The van der Waals surface area contributed by atoms with Gasteiger partial charge in [0.05, 0.1) is 4.47 Å². The summed E-state index contributed by atoms with van der Waals surface area (Å²) in [6.07, 6.45) is 3.60. The second kappa shape index (κ2) is 7.09. The largest absolute Gasteiger partial charge is 0.478 e. The van der Waals surface area contributed by atoms with Crippen molar-refractivity contribution in [3.8, 4) is 11.5 Å². The maximum Gasteiger partial charge on any atom is 0.328 e. The number of carboxylic acids is 1. The van der Waals surface area contributed by atoms with E-state index in [-0.39, 0.29) is 0 Å². The predicted molar refractivity (Wildman–Crippen MR) is 86.7 cm³/mol. The van der Waals surface area contributed by atoms with Crippen LogP contribution < -0.4 is 4.74 Å². The third-order valence-electron chi connectivity index (χ3n) is 2.91. The molecule has 4 heteroatoms. The molecule has 0 aromatic heterocycles. The topological polar surface area (TPSA) is 46.5 Å². The maximum atomic E-state index is 10.5. The van der Waals surface area contributed by atoms with Crippen LogP contribution in [0.5, 0.6) is 11.5 Å². The molecule has 0 unspecified atom stereocenters. The Morgan fingerprint density at radius 2 is 2.10 bits per heavy atom. The van der Waals surface area contributed by atoms with Gasteiger partial charge in [0.2, 0.25) is 0 Å². The first-order chi connectivity index (χ1) is 10.1. The second-order valence-corrected chi connectivity index (χ2v) is 5.32. The zero-order valence-electron chi connectivity index (χ0n) is 11.5. The van der Waals surface area contributed by atoms with Gasteiger partial charge in [-0.3, -0.25) is 0 Å². The fourth-order valence-electron chi connectivity index (χ4n) is 1.83. The smallest absolute Gasteiger partial charge is 0.328 e. The molecule has 1 N–H and O–H groups in total. The van der Waals surface area contributed by atoms with Gasteiger partial charge in [0.15, 0.2) is 0 Å². The summed E-state index contributed by atoms with van der Waals surface area (Å²) >= 11 is 3.44. The monoisotopic (exact) mass is 346 g/mol. The quantitative estimate of drug-likeness (QED) is 0.783. The van der Waals surface area contributed by atoms with Crippen LogP contribution in [0.3, 0.4) is 0 Å². The number of hydrogen-bond acceptors (Lipinski definition) is 2. The van der Waals surface area contributed by atoms with Crippen molar-refractivity contribution >= 4 is 28.0 Å². The molecular formula is C17H15BrO3. The summed E-state index contributed by atoms with van der Waals surface area (Å²) in [5.74, 6) is 0.502. The molecule has 0 heterocycles. The second-order valence-electron chi connectivity index (χ2n) is 4.46. The van der Waals surface area contributed by atoms with Gasteiger partial charge in [0.25, 0.3) is 0 Å². The first-order valence-electron chi connectivity index (χ1n) is 6.56. The Bertz CT molecular complexity index is 677. The zero-order valence-corrected chi connectivity index (χ0v) is 13.1. The lowest BCUT2D eigenvalue weighted by Crippen LogP contribution is -1.89. The predicted octanol–water partition coefficient (Wildman–Crippen LogP) is 4.90. The van der Waals surface area contributed by atoms with Crippen LogP contribution in [-0.2, 0) is 11.2 Å². The van der Waals surface area contributed by atoms with Gasteiger partial charge in [-0.2, -0.15) is 0 Å². The molecule has 2 rings (SSSR count). The fourth-order valence-corrected chi connectivity index (χ4v) is 2.30. The summed E-state index contributed by atoms with van der Waals surface area (Å²) in [6.45, 7) is 2.10. The molecule has 0 radical (unpaired) electrons. The number of halogens is 1. The molecule has 0 aliphatic heterocycles. The molecular weight excluding hydrogens is 332 g/mol. The average Bonchev–Trinajstić information content (AvgIpc) is 2.48. The van der Waals surface area contributed by atoms with E-state index in [1.165, 1.54) is 11.6 Å². The molecule has 0 fully saturated rings. The Labute approximate surface area is 132 Å². The molecule has 3 nitrogen and oxygen atoms in total. The Hall–Kier alpha value is -2.07. The first kappa shape index (κ1) is 15.3. The molecule has 0 atom stereocenters. The van der Waals surface area contributed by atoms with E-state index in [0.717, 1.165) is 28.3 Å². The van der Waals surface area contributed by atoms with E-state index in [1.807, 2.05) is 36.4 Å². The molecule has 21 heavy (non-hydrogen) atoms. The summed E-state index contributed by atoms with van der Waals surface area (Å²) in [5, 5.41) is 8.62. The van der Waals surface area contributed by atoms with Crippen LogP contribution in [0.4, 0.5) is 0 Å². The number of aryl methyl sites for hydroxylation is 1. The van der Waals surface area contributed by atoms with E-state index >= 15 is 0 Å². The first-order valence-corrected chi connectivity index (χ1v) is 7.35. The van der Waals surface area contributed by atoms with Crippen molar-refractivity contribution in [2.24, 2.45) is 0 Å². The van der Waals surface area contributed by atoms with Crippen LogP contribution in [-0.4, -0.2) is 11.1 Å². The minimum atomic E-state index is -0.970. The highest BCUT2D eigenvalue weighted by Crippen LogP contribution is 2.31. The van der Waals surface area contributed by atoms with Crippen molar-refractivity contribution in [2.75, 3.05) is 0 Å². The van der Waals surface area contributed by atoms with Crippen LogP contribution in [0.2, 0.25) is 0 Å². The third-order valence-corrected chi connectivity index (χ3v) is 3.53. The lowest BCUT2D eigenvalue weighted by Gasteiger charge is -2.09. The normalized spacial score (nSPS) is 10.8.